The molecule has 5 heteroatoms. The molecule has 1 aliphatic heterocycles. The van der Waals surface area contributed by atoms with E-state index in [1.165, 1.54) is 4.31 Å². The van der Waals surface area contributed by atoms with Crippen LogP contribution in [0.3, 0.4) is 0 Å². The highest BCUT2D eigenvalue weighted by Gasteiger charge is 2.31. The van der Waals surface area contributed by atoms with E-state index in [0.29, 0.717) is 17.9 Å². The minimum absolute atomic E-state index is 0.206. The van der Waals surface area contributed by atoms with Crippen molar-refractivity contribution in [1.82, 2.24) is 4.31 Å². The van der Waals surface area contributed by atoms with Crippen LogP contribution in [0.1, 0.15) is 6.42 Å². The van der Waals surface area contributed by atoms with Gasteiger partial charge in [0.15, 0.2) is 0 Å². The van der Waals surface area contributed by atoms with Crippen molar-refractivity contribution in [2.45, 2.75) is 17.4 Å². The van der Waals surface area contributed by atoms with Crippen molar-refractivity contribution < 1.29 is 13.5 Å². The zero-order valence-electron chi connectivity index (χ0n) is 8.20. The Hall–Kier alpha value is -0.910. The van der Waals surface area contributed by atoms with Crippen LogP contribution in [0.4, 0.5) is 0 Å². The second-order valence-electron chi connectivity index (χ2n) is 3.62. The monoisotopic (exact) mass is 227 g/mol. The van der Waals surface area contributed by atoms with Crippen molar-refractivity contribution in [1.29, 1.82) is 0 Å². The average Bonchev–Trinajstić information content (AvgIpc) is 2.67. The first-order chi connectivity index (χ1) is 7.10. The van der Waals surface area contributed by atoms with Gasteiger partial charge < -0.3 is 5.11 Å². The van der Waals surface area contributed by atoms with Crippen molar-refractivity contribution in [3.05, 3.63) is 30.3 Å². The van der Waals surface area contributed by atoms with Gasteiger partial charge in [-0.2, -0.15) is 4.31 Å². The smallest absolute Gasteiger partial charge is 0.243 e. The Morgan fingerprint density at radius 1 is 1.27 bits per heavy atom. The van der Waals surface area contributed by atoms with Crippen LogP contribution in [0, 0.1) is 0 Å². The summed E-state index contributed by atoms with van der Waals surface area (Å²) >= 11 is 0. The molecule has 0 aromatic heterocycles. The molecule has 0 aliphatic carbocycles. The third-order valence-electron chi connectivity index (χ3n) is 2.51. The summed E-state index contributed by atoms with van der Waals surface area (Å²) in [5.74, 6) is 0. The third-order valence-corrected chi connectivity index (χ3v) is 4.39. The summed E-state index contributed by atoms with van der Waals surface area (Å²) < 4.78 is 25.3. The standard InChI is InChI=1S/C10H13NO3S/c12-9-6-7-11(8-9)15(13,14)10-4-2-1-3-5-10/h1-5,9,12H,6-8H2/t9-/m1/s1. The number of β-amino-alcohol motifs (C(OH)–C–C–N with tert-alkyl or cyclic N) is 1. The van der Waals surface area contributed by atoms with E-state index in [2.05, 4.69) is 0 Å². The van der Waals surface area contributed by atoms with Crippen LogP contribution >= 0.6 is 0 Å². The van der Waals surface area contributed by atoms with E-state index in [1.807, 2.05) is 0 Å². The predicted octanol–water partition coefficient (Wildman–Crippen LogP) is 0.442. The molecule has 0 amide bonds. The number of aliphatic hydroxyl groups excluding tert-OH is 1. The van der Waals surface area contributed by atoms with Crippen LogP contribution in [0.15, 0.2) is 35.2 Å². The number of rotatable bonds is 2. The number of nitrogens with zero attached hydrogens (tertiary/aromatic N) is 1. The molecule has 1 aromatic rings. The largest absolute Gasteiger partial charge is 0.392 e. The van der Waals surface area contributed by atoms with E-state index >= 15 is 0 Å². The lowest BCUT2D eigenvalue weighted by Crippen LogP contribution is -2.29. The Morgan fingerprint density at radius 2 is 1.93 bits per heavy atom. The molecule has 1 aliphatic rings. The van der Waals surface area contributed by atoms with Crippen LogP contribution < -0.4 is 0 Å². The molecule has 0 saturated carbocycles. The van der Waals surface area contributed by atoms with Crippen LogP contribution in [-0.2, 0) is 10.0 Å². The predicted molar refractivity (Wildman–Crippen MR) is 55.8 cm³/mol. The summed E-state index contributed by atoms with van der Waals surface area (Å²) in [7, 11) is -3.40. The van der Waals surface area contributed by atoms with Crippen LogP contribution in [-0.4, -0.2) is 37.0 Å². The van der Waals surface area contributed by atoms with Gasteiger partial charge in [-0.15, -0.1) is 0 Å². The van der Waals surface area contributed by atoms with Gasteiger partial charge in [-0.1, -0.05) is 18.2 Å². The molecule has 0 spiro atoms. The van der Waals surface area contributed by atoms with Gasteiger partial charge in [-0.25, -0.2) is 8.42 Å². The van der Waals surface area contributed by atoms with E-state index in [1.54, 1.807) is 30.3 Å². The fourth-order valence-corrected chi connectivity index (χ4v) is 3.18. The highest BCUT2D eigenvalue weighted by molar-refractivity contribution is 7.89. The molecule has 1 aromatic carbocycles. The highest BCUT2D eigenvalue weighted by atomic mass is 32.2. The zero-order chi connectivity index (χ0) is 10.9. The van der Waals surface area contributed by atoms with E-state index < -0.39 is 16.1 Å². The SMILES string of the molecule is O=S(=O)(c1ccccc1)N1CC[C@@H](O)C1. The van der Waals surface area contributed by atoms with Crippen molar-refractivity contribution in [2.75, 3.05) is 13.1 Å². The molecule has 4 nitrogen and oxygen atoms in total. The average molecular weight is 227 g/mol. The van der Waals surface area contributed by atoms with E-state index in [-0.39, 0.29) is 6.54 Å². The lowest BCUT2D eigenvalue weighted by atomic mass is 10.3. The van der Waals surface area contributed by atoms with Crippen LogP contribution in [0.25, 0.3) is 0 Å². The number of sulfonamides is 1. The Morgan fingerprint density at radius 3 is 2.47 bits per heavy atom. The van der Waals surface area contributed by atoms with Crippen LogP contribution in [0.2, 0.25) is 0 Å². The molecule has 0 bridgehead atoms. The molecule has 1 atom stereocenters. The van der Waals surface area contributed by atoms with Crippen molar-refractivity contribution in [2.24, 2.45) is 0 Å². The molecule has 1 heterocycles. The Balaban J connectivity index is 2.28. The zero-order valence-corrected chi connectivity index (χ0v) is 9.02. The second-order valence-corrected chi connectivity index (χ2v) is 5.56. The fraction of sp³-hybridized carbons (Fsp3) is 0.400. The maximum atomic E-state index is 12.0. The van der Waals surface area contributed by atoms with E-state index in [4.69, 9.17) is 0 Å². The number of hydrogen-bond donors (Lipinski definition) is 1. The Kier molecular flexibility index (Phi) is 2.77. The van der Waals surface area contributed by atoms with Crippen LogP contribution in [0.5, 0.6) is 0 Å². The summed E-state index contributed by atoms with van der Waals surface area (Å²) in [5, 5.41) is 9.30. The van der Waals surface area contributed by atoms with Gasteiger partial charge in [-0.05, 0) is 18.6 Å². The summed E-state index contributed by atoms with van der Waals surface area (Å²) in [6.07, 6.45) is -0.00464. The first-order valence-corrected chi connectivity index (χ1v) is 6.28. The van der Waals surface area contributed by atoms with Gasteiger partial charge in [0, 0.05) is 13.1 Å². The van der Waals surface area contributed by atoms with Gasteiger partial charge in [0.2, 0.25) is 10.0 Å². The molecule has 1 N–H and O–H groups in total. The molecule has 0 unspecified atom stereocenters. The molecule has 82 valence electrons. The normalized spacial score (nSPS) is 23.1. The van der Waals surface area contributed by atoms with Gasteiger partial charge in [-0.3, -0.25) is 0 Å². The minimum Gasteiger partial charge on any atom is -0.392 e. The Labute approximate surface area is 89.2 Å². The summed E-state index contributed by atoms with van der Waals surface area (Å²) in [4.78, 5) is 0.291. The molecule has 15 heavy (non-hydrogen) atoms. The molecular formula is C10H13NO3S. The topological polar surface area (TPSA) is 57.6 Å². The highest BCUT2D eigenvalue weighted by Crippen LogP contribution is 2.20. The summed E-state index contributed by atoms with van der Waals surface area (Å²) in [5.41, 5.74) is 0. The van der Waals surface area contributed by atoms with Crippen molar-refractivity contribution in [3.63, 3.8) is 0 Å². The maximum Gasteiger partial charge on any atom is 0.243 e. The van der Waals surface area contributed by atoms with Gasteiger partial charge in [0.1, 0.15) is 0 Å². The van der Waals surface area contributed by atoms with Crippen molar-refractivity contribution >= 4 is 10.0 Å². The maximum absolute atomic E-state index is 12.0. The minimum atomic E-state index is -3.40. The summed E-state index contributed by atoms with van der Waals surface area (Å²) in [6.45, 7) is 0.607. The van der Waals surface area contributed by atoms with E-state index in [9.17, 15) is 13.5 Å². The third kappa shape index (κ3) is 2.04. The Bertz CT molecular complexity index is 429. The number of aliphatic hydroxyl groups is 1. The molecule has 1 fully saturated rings. The van der Waals surface area contributed by atoms with Crippen molar-refractivity contribution in [3.8, 4) is 0 Å². The molecular weight excluding hydrogens is 214 g/mol. The quantitative estimate of drug-likeness (QED) is 0.797. The molecule has 0 radical (unpaired) electrons. The van der Waals surface area contributed by atoms with Gasteiger partial charge >= 0.3 is 0 Å². The summed E-state index contributed by atoms with van der Waals surface area (Å²) in [6, 6.07) is 8.30. The second kappa shape index (κ2) is 3.92. The lowest BCUT2D eigenvalue weighted by molar-refractivity contribution is 0.189. The van der Waals surface area contributed by atoms with Gasteiger partial charge in [0.05, 0.1) is 11.0 Å². The number of hydrogen-bond acceptors (Lipinski definition) is 3. The van der Waals surface area contributed by atoms with Gasteiger partial charge in [0.25, 0.3) is 0 Å². The number of benzene rings is 1. The first-order valence-electron chi connectivity index (χ1n) is 4.84. The molecule has 1 saturated heterocycles. The fourth-order valence-electron chi connectivity index (χ4n) is 1.67. The molecule has 2 rings (SSSR count). The lowest BCUT2D eigenvalue weighted by Gasteiger charge is -2.15. The first kappa shape index (κ1) is 10.6. The van der Waals surface area contributed by atoms with E-state index in [0.717, 1.165) is 0 Å².